The van der Waals surface area contributed by atoms with Crippen LogP contribution >= 0.6 is 15.9 Å². The van der Waals surface area contributed by atoms with E-state index in [-0.39, 0.29) is 11.6 Å². The summed E-state index contributed by atoms with van der Waals surface area (Å²) >= 11 is 3.48. The van der Waals surface area contributed by atoms with E-state index >= 15 is 0 Å². The lowest BCUT2D eigenvalue weighted by molar-refractivity contribution is 0.432. The number of benzene rings is 2. The second-order valence-electron chi connectivity index (χ2n) is 4.64. The molecule has 4 nitrogen and oxygen atoms in total. The minimum atomic E-state index is -0.405. The molecular weight excluding hydrogens is 337 g/mol. The highest BCUT2D eigenvalue weighted by atomic mass is 79.9. The molecule has 21 heavy (non-hydrogen) atoms. The number of aromatic nitrogens is 2. The first-order chi connectivity index (χ1) is 10.0. The van der Waals surface area contributed by atoms with E-state index in [1.54, 1.807) is 0 Å². The molecule has 106 valence electrons. The largest absolute Gasteiger partial charge is 0.398 e. The van der Waals surface area contributed by atoms with Crippen LogP contribution in [0.3, 0.4) is 0 Å². The van der Waals surface area contributed by atoms with Crippen LogP contribution in [-0.4, -0.2) is 10.1 Å². The van der Waals surface area contributed by atoms with E-state index in [4.69, 9.17) is 10.3 Å². The first-order valence-electron chi connectivity index (χ1n) is 6.20. The Morgan fingerprint density at radius 2 is 1.90 bits per heavy atom. The first kappa shape index (κ1) is 13.8. The third kappa shape index (κ3) is 2.67. The number of halogens is 2. The number of aryl methyl sites for hydroxylation is 1. The normalized spacial score (nSPS) is 10.8. The maximum atomic E-state index is 13.1. The van der Waals surface area contributed by atoms with E-state index in [2.05, 4.69) is 26.1 Å². The third-order valence-electron chi connectivity index (χ3n) is 3.04. The predicted octanol–water partition coefficient (Wildman–Crippen LogP) is 4.20. The molecule has 1 heterocycles. The van der Waals surface area contributed by atoms with Crippen LogP contribution < -0.4 is 5.73 Å². The molecule has 0 aliphatic heterocycles. The Morgan fingerprint density at radius 1 is 1.14 bits per heavy atom. The van der Waals surface area contributed by atoms with E-state index < -0.39 is 5.82 Å². The van der Waals surface area contributed by atoms with E-state index in [9.17, 15) is 4.39 Å². The molecule has 2 N–H and O–H groups in total. The Balaban J connectivity index is 2.03. The number of nitrogens with two attached hydrogens (primary N) is 1. The SMILES string of the molecule is Cc1ccc(-c2noc(-c3ccc(F)cc3N)n2)c(Br)c1. The summed E-state index contributed by atoms with van der Waals surface area (Å²) in [5, 5.41) is 3.95. The van der Waals surface area contributed by atoms with Gasteiger partial charge in [-0.1, -0.05) is 27.2 Å². The average molecular weight is 348 g/mol. The number of hydrogen-bond acceptors (Lipinski definition) is 4. The molecule has 1 aromatic heterocycles. The van der Waals surface area contributed by atoms with Gasteiger partial charge in [0.1, 0.15) is 5.82 Å². The standard InChI is InChI=1S/C15H11BrFN3O/c1-8-2-4-10(12(16)6-8)14-19-15(21-20-14)11-5-3-9(17)7-13(11)18/h2-7H,18H2,1H3. The van der Waals surface area contributed by atoms with Crippen LogP contribution in [0.1, 0.15) is 5.56 Å². The van der Waals surface area contributed by atoms with Gasteiger partial charge in [0.25, 0.3) is 5.89 Å². The highest BCUT2D eigenvalue weighted by Crippen LogP contribution is 2.30. The minimum Gasteiger partial charge on any atom is -0.398 e. The van der Waals surface area contributed by atoms with Crippen molar-refractivity contribution in [2.45, 2.75) is 6.92 Å². The first-order valence-corrected chi connectivity index (χ1v) is 6.99. The lowest BCUT2D eigenvalue weighted by atomic mass is 10.1. The highest BCUT2D eigenvalue weighted by Gasteiger charge is 2.15. The summed E-state index contributed by atoms with van der Waals surface area (Å²) in [5.41, 5.74) is 8.48. The molecule has 3 rings (SSSR count). The molecule has 0 radical (unpaired) electrons. The molecule has 2 aromatic carbocycles. The highest BCUT2D eigenvalue weighted by molar-refractivity contribution is 9.10. The van der Waals surface area contributed by atoms with Gasteiger partial charge < -0.3 is 10.3 Å². The maximum absolute atomic E-state index is 13.1. The summed E-state index contributed by atoms with van der Waals surface area (Å²) in [4.78, 5) is 4.32. The van der Waals surface area contributed by atoms with Crippen LogP contribution in [0.15, 0.2) is 45.4 Å². The zero-order valence-corrected chi connectivity index (χ0v) is 12.7. The van der Waals surface area contributed by atoms with Crippen molar-refractivity contribution in [2.75, 3.05) is 5.73 Å². The van der Waals surface area contributed by atoms with Gasteiger partial charge in [0.15, 0.2) is 0 Å². The van der Waals surface area contributed by atoms with Crippen molar-refractivity contribution in [1.82, 2.24) is 10.1 Å². The van der Waals surface area contributed by atoms with E-state index in [0.717, 1.165) is 15.6 Å². The fourth-order valence-electron chi connectivity index (χ4n) is 1.97. The van der Waals surface area contributed by atoms with Crippen molar-refractivity contribution in [2.24, 2.45) is 0 Å². The van der Waals surface area contributed by atoms with Crippen molar-refractivity contribution in [3.05, 3.63) is 52.3 Å². The van der Waals surface area contributed by atoms with Crippen molar-refractivity contribution >= 4 is 21.6 Å². The van der Waals surface area contributed by atoms with Crippen LogP contribution in [0.25, 0.3) is 22.8 Å². The van der Waals surface area contributed by atoms with Gasteiger partial charge in [0.2, 0.25) is 5.82 Å². The maximum Gasteiger partial charge on any atom is 0.260 e. The van der Waals surface area contributed by atoms with Crippen molar-refractivity contribution in [3.8, 4) is 22.8 Å². The Morgan fingerprint density at radius 3 is 2.62 bits per heavy atom. The zero-order chi connectivity index (χ0) is 15.0. The topological polar surface area (TPSA) is 64.9 Å². The second-order valence-corrected chi connectivity index (χ2v) is 5.49. The van der Waals surface area contributed by atoms with Gasteiger partial charge in [-0.2, -0.15) is 4.98 Å². The smallest absolute Gasteiger partial charge is 0.260 e. The van der Waals surface area contributed by atoms with E-state index in [0.29, 0.717) is 11.4 Å². The van der Waals surface area contributed by atoms with Gasteiger partial charge in [-0.3, -0.25) is 0 Å². The summed E-state index contributed by atoms with van der Waals surface area (Å²) in [5.74, 6) is 0.299. The lowest BCUT2D eigenvalue weighted by Gasteiger charge is -2.00. The molecule has 0 atom stereocenters. The summed E-state index contributed by atoms with van der Waals surface area (Å²) < 4.78 is 19.2. The molecule has 0 saturated carbocycles. The van der Waals surface area contributed by atoms with Gasteiger partial charge in [-0.25, -0.2) is 4.39 Å². The van der Waals surface area contributed by atoms with Crippen LogP contribution in [0.4, 0.5) is 10.1 Å². The molecule has 0 bridgehead atoms. The number of hydrogen-bond donors (Lipinski definition) is 1. The van der Waals surface area contributed by atoms with Gasteiger partial charge in [-0.15, -0.1) is 0 Å². The fraction of sp³-hybridized carbons (Fsp3) is 0.0667. The number of nitrogen functional groups attached to an aromatic ring is 1. The molecule has 0 aliphatic carbocycles. The number of anilines is 1. The molecule has 0 spiro atoms. The monoisotopic (exact) mass is 347 g/mol. The second kappa shape index (κ2) is 5.29. The number of rotatable bonds is 2. The summed E-state index contributed by atoms with van der Waals surface area (Å²) in [7, 11) is 0. The van der Waals surface area contributed by atoms with Crippen LogP contribution in [0, 0.1) is 12.7 Å². The van der Waals surface area contributed by atoms with Gasteiger partial charge in [-0.05, 0) is 42.8 Å². The summed E-state index contributed by atoms with van der Waals surface area (Å²) in [6, 6.07) is 9.88. The molecule has 0 unspecified atom stereocenters. The van der Waals surface area contributed by atoms with Crippen LogP contribution in [0.5, 0.6) is 0 Å². The van der Waals surface area contributed by atoms with Crippen molar-refractivity contribution in [1.29, 1.82) is 0 Å². The molecule has 0 saturated heterocycles. The average Bonchev–Trinajstić information content (AvgIpc) is 2.87. The summed E-state index contributed by atoms with van der Waals surface area (Å²) in [6.45, 7) is 2.00. The third-order valence-corrected chi connectivity index (χ3v) is 3.69. The zero-order valence-electron chi connectivity index (χ0n) is 11.1. The molecule has 0 fully saturated rings. The fourth-order valence-corrected chi connectivity index (χ4v) is 2.64. The van der Waals surface area contributed by atoms with Gasteiger partial charge in [0.05, 0.1) is 5.56 Å². The Labute approximate surface area is 128 Å². The van der Waals surface area contributed by atoms with E-state index in [1.807, 2.05) is 25.1 Å². The minimum absolute atomic E-state index is 0.258. The van der Waals surface area contributed by atoms with Gasteiger partial charge in [0, 0.05) is 15.7 Å². The molecule has 6 heteroatoms. The van der Waals surface area contributed by atoms with Crippen LogP contribution in [0.2, 0.25) is 0 Å². The molecular formula is C15H11BrFN3O. The Kier molecular flexibility index (Phi) is 3.47. The predicted molar refractivity (Wildman–Crippen MR) is 82.0 cm³/mol. The number of nitrogens with zero attached hydrogens (tertiary/aromatic N) is 2. The summed E-state index contributed by atoms with van der Waals surface area (Å²) in [6.07, 6.45) is 0. The molecule has 0 amide bonds. The molecule has 0 aliphatic rings. The van der Waals surface area contributed by atoms with Crippen LogP contribution in [-0.2, 0) is 0 Å². The van der Waals surface area contributed by atoms with Crippen molar-refractivity contribution < 1.29 is 8.91 Å². The quantitative estimate of drug-likeness (QED) is 0.705. The Bertz CT molecular complexity index is 750. The molecule has 3 aromatic rings. The van der Waals surface area contributed by atoms with E-state index in [1.165, 1.54) is 18.2 Å². The van der Waals surface area contributed by atoms with Gasteiger partial charge >= 0.3 is 0 Å². The Hall–Kier alpha value is -2.21. The lowest BCUT2D eigenvalue weighted by Crippen LogP contribution is -1.91. The van der Waals surface area contributed by atoms with Crippen molar-refractivity contribution in [3.63, 3.8) is 0 Å².